The summed E-state index contributed by atoms with van der Waals surface area (Å²) < 4.78 is 45.0. The smallest absolute Gasteiger partial charge is 0.349 e. The Morgan fingerprint density at radius 1 is 1.00 bits per heavy atom. The topological polar surface area (TPSA) is 58.9 Å². The van der Waals surface area contributed by atoms with Crippen LogP contribution in [0.25, 0.3) is 16.9 Å². The summed E-state index contributed by atoms with van der Waals surface area (Å²) in [5, 5.41) is 11.2. The van der Waals surface area contributed by atoms with Gasteiger partial charge in [0.1, 0.15) is 5.56 Å². The van der Waals surface area contributed by atoms with Gasteiger partial charge in [0.05, 0.1) is 16.4 Å². The van der Waals surface area contributed by atoms with E-state index in [1.165, 1.54) is 68.1 Å². The maximum absolute atomic E-state index is 14.7. The lowest BCUT2D eigenvalue weighted by atomic mass is 9.62. The molecule has 2 N–H and O–H groups in total. The molecule has 5 unspecified atom stereocenters. The SMILES string of the molecule is CCC1CC2CC(C)CC(C2)C1NCCNC(=O)c1nn(-c2ccc(Cl)cc2Cl)c(-c2ccc(Cl)cc2)c1C(F)(F)F. The van der Waals surface area contributed by atoms with E-state index in [9.17, 15) is 18.0 Å². The van der Waals surface area contributed by atoms with Crippen molar-refractivity contribution in [3.63, 3.8) is 0 Å². The van der Waals surface area contributed by atoms with E-state index in [1.54, 1.807) is 0 Å². The number of fused-ring (bicyclic) bond motifs is 2. The second kappa shape index (κ2) is 12.8. The van der Waals surface area contributed by atoms with E-state index in [0.717, 1.165) is 17.0 Å². The molecule has 2 fully saturated rings. The first-order valence-corrected chi connectivity index (χ1v) is 15.5. The molecule has 2 bridgehead atoms. The van der Waals surface area contributed by atoms with Crippen molar-refractivity contribution in [1.29, 1.82) is 0 Å². The monoisotopic (exact) mass is 640 g/mol. The van der Waals surface area contributed by atoms with Gasteiger partial charge in [0.25, 0.3) is 5.91 Å². The summed E-state index contributed by atoms with van der Waals surface area (Å²) in [7, 11) is 0. The zero-order chi connectivity index (χ0) is 30.2. The fourth-order valence-corrected chi connectivity index (χ4v) is 7.66. The van der Waals surface area contributed by atoms with E-state index < -0.39 is 23.3 Å². The minimum atomic E-state index is -4.89. The summed E-state index contributed by atoms with van der Waals surface area (Å²) >= 11 is 18.4. The number of halogens is 6. The number of carbonyl (C=O) groups is 1. The third-order valence-corrected chi connectivity index (χ3v) is 9.47. The number of carbonyl (C=O) groups excluding carboxylic acids is 1. The van der Waals surface area contributed by atoms with Gasteiger partial charge in [-0.3, -0.25) is 4.79 Å². The van der Waals surface area contributed by atoms with Crippen molar-refractivity contribution in [1.82, 2.24) is 20.4 Å². The molecule has 42 heavy (non-hydrogen) atoms. The highest BCUT2D eigenvalue weighted by Gasteiger charge is 2.43. The fourth-order valence-electron chi connectivity index (χ4n) is 7.05. The van der Waals surface area contributed by atoms with E-state index in [1.807, 2.05) is 0 Å². The first-order valence-electron chi connectivity index (χ1n) is 14.4. The van der Waals surface area contributed by atoms with Crippen LogP contribution in [0.2, 0.25) is 15.1 Å². The van der Waals surface area contributed by atoms with Crippen LogP contribution in [0.5, 0.6) is 0 Å². The molecule has 0 aliphatic heterocycles. The largest absolute Gasteiger partial charge is 0.420 e. The van der Waals surface area contributed by atoms with Gasteiger partial charge in [0.2, 0.25) is 0 Å². The van der Waals surface area contributed by atoms with Crippen LogP contribution >= 0.6 is 34.8 Å². The Balaban J connectivity index is 1.41. The summed E-state index contributed by atoms with van der Waals surface area (Å²) in [5.74, 6) is 1.73. The molecule has 2 aromatic carbocycles. The number of nitrogens with one attached hydrogen (secondary N) is 2. The summed E-state index contributed by atoms with van der Waals surface area (Å²) in [6.45, 7) is 5.15. The number of benzene rings is 2. The van der Waals surface area contributed by atoms with Gasteiger partial charge in [-0.15, -0.1) is 0 Å². The highest BCUT2D eigenvalue weighted by Crippen LogP contribution is 2.46. The van der Waals surface area contributed by atoms with Crippen molar-refractivity contribution >= 4 is 40.7 Å². The van der Waals surface area contributed by atoms with E-state index in [4.69, 9.17) is 34.8 Å². The molecule has 226 valence electrons. The molecule has 2 saturated carbocycles. The molecule has 0 spiro atoms. The molecule has 5 atom stereocenters. The lowest BCUT2D eigenvalue weighted by molar-refractivity contribution is -0.137. The molecular weight excluding hydrogens is 608 g/mol. The van der Waals surface area contributed by atoms with Gasteiger partial charge in [0, 0.05) is 34.7 Å². The van der Waals surface area contributed by atoms with Gasteiger partial charge in [-0.1, -0.05) is 67.2 Å². The van der Waals surface area contributed by atoms with Crippen molar-refractivity contribution in [3.05, 3.63) is 68.8 Å². The minimum Gasteiger partial charge on any atom is -0.349 e. The lowest BCUT2D eigenvalue weighted by Crippen LogP contribution is -2.51. The number of nitrogens with zero attached hydrogens (tertiary/aromatic N) is 2. The number of alkyl halides is 3. The molecule has 11 heteroatoms. The van der Waals surface area contributed by atoms with E-state index in [-0.39, 0.29) is 28.5 Å². The normalized spacial score (nSPS) is 24.0. The Hall–Kier alpha value is -2.26. The molecular formula is C31H34Cl3F3N4O. The summed E-state index contributed by atoms with van der Waals surface area (Å²) in [6.07, 6.45) is 1.10. The van der Waals surface area contributed by atoms with Crippen molar-refractivity contribution < 1.29 is 18.0 Å². The van der Waals surface area contributed by atoms with E-state index >= 15 is 0 Å². The number of aromatic nitrogens is 2. The number of rotatable bonds is 8. The van der Waals surface area contributed by atoms with Crippen molar-refractivity contribution in [2.24, 2.45) is 23.7 Å². The predicted molar refractivity (Wildman–Crippen MR) is 162 cm³/mol. The van der Waals surface area contributed by atoms with Gasteiger partial charge in [0.15, 0.2) is 5.69 Å². The third-order valence-electron chi connectivity index (χ3n) is 8.68. The predicted octanol–water partition coefficient (Wildman–Crippen LogP) is 8.69. The number of hydrogen-bond donors (Lipinski definition) is 2. The standard InChI is InChI=1S/C31H34Cl3F3N4O/c1-3-19-14-18-12-17(2)13-21(15-18)27(19)38-10-11-39-30(42)28-26(31(35,36)37)29(20-4-6-22(32)7-5-20)41(40-28)25-9-8-23(33)16-24(25)34/h4-9,16-19,21,27,38H,3,10-15H2,1-2H3,(H,39,42). The molecule has 2 aliphatic rings. The zero-order valence-corrected chi connectivity index (χ0v) is 25.7. The van der Waals surface area contributed by atoms with Gasteiger partial charge in [-0.05, 0) is 79.7 Å². The van der Waals surface area contributed by atoms with Gasteiger partial charge in [-0.25, -0.2) is 4.68 Å². The second-order valence-corrected chi connectivity index (χ2v) is 12.9. The van der Waals surface area contributed by atoms with Crippen LogP contribution in [0.15, 0.2) is 42.5 Å². The van der Waals surface area contributed by atoms with Crippen LogP contribution in [-0.4, -0.2) is 34.8 Å². The Morgan fingerprint density at radius 3 is 2.38 bits per heavy atom. The first-order chi connectivity index (χ1) is 20.0. The minimum absolute atomic E-state index is 0.0855. The Morgan fingerprint density at radius 2 is 1.71 bits per heavy atom. The van der Waals surface area contributed by atoms with Crippen molar-refractivity contribution in [2.75, 3.05) is 13.1 Å². The summed E-state index contributed by atoms with van der Waals surface area (Å²) in [6, 6.07) is 10.6. The Kier molecular flexibility index (Phi) is 9.48. The Bertz CT molecular complexity index is 1420. The highest BCUT2D eigenvalue weighted by atomic mass is 35.5. The lowest BCUT2D eigenvalue weighted by Gasteiger charge is -2.47. The molecule has 0 saturated heterocycles. The molecule has 1 heterocycles. The molecule has 1 aromatic heterocycles. The third kappa shape index (κ3) is 6.62. The number of hydrogen-bond acceptors (Lipinski definition) is 3. The molecule has 3 aromatic rings. The quantitative estimate of drug-likeness (QED) is 0.242. The first kappa shape index (κ1) is 31.2. The van der Waals surface area contributed by atoms with Gasteiger partial charge >= 0.3 is 6.18 Å². The summed E-state index contributed by atoms with van der Waals surface area (Å²) in [4.78, 5) is 13.3. The summed E-state index contributed by atoms with van der Waals surface area (Å²) in [5.41, 5.74) is -1.87. The molecule has 2 aliphatic carbocycles. The van der Waals surface area contributed by atoms with Crippen molar-refractivity contribution in [3.8, 4) is 16.9 Å². The van der Waals surface area contributed by atoms with Gasteiger partial charge in [-0.2, -0.15) is 18.3 Å². The number of amides is 1. The maximum atomic E-state index is 14.7. The van der Waals surface area contributed by atoms with Crippen LogP contribution in [0.4, 0.5) is 13.2 Å². The maximum Gasteiger partial charge on any atom is 0.420 e. The second-order valence-electron chi connectivity index (χ2n) is 11.7. The van der Waals surface area contributed by atoms with Crippen LogP contribution in [-0.2, 0) is 6.18 Å². The van der Waals surface area contributed by atoms with Crippen LogP contribution < -0.4 is 10.6 Å². The van der Waals surface area contributed by atoms with Gasteiger partial charge < -0.3 is 10.6 Å². The average molecular weight is 642 g/mol. The van der Waals surface area contributed by atoms with E-state index in [0.29, 0.717) is 40.4 Å². The Labute approximate surface area is 259 Å². The van der Waals surface area contributed by atoms with Crippen LogP contribution in [0.3, 0.4) is 0 Å². The average Bonchev–Trinajstić information content (AvgIpc) is 3.33. The van der Waals surface area contributed by atoms with Crippen molar-refractivity contribution in [2.45, 2.75) is 58.2 Å². The zero-order valence-electron chi connectivity index (χ0n) is 23.4. The molecule has 5 nitrogen and oxygen atoms in total. The van der Waals surface area contributed by atoms with E-state index in [2.05, 4.69) is 29.6 Å². The van der Waals surface area contributed by atoms with Crippen LogP contribution in [0, 0.1) is 23.7 Å². The molecule has 5 rings (SSSR count). The highest BCUT2D eigenvalue weighted by molar-refractivity contribution is 6.35. The molecule has 1 amide bonds. The van der Waals surface area contributed by atoms with Crippen LogP contribution in [0.1, 0.15) is 62.0 Å². The molecule has 0 radical (unpaired) electrons. The fraction of sp³-hybridized carbons (Fsp3) is 0.484.